The fraction of sp³-hybridized carbons (Fsp3) is 0.417. The molecular weight excluding hydrogens is 224 g/mol. The van der Waals surface area contributed by atoms with E-state index in [1.807, 2.05) is 18.2 Å². The monoisotopic (exact) mass is 238 g/mol. The van der Waals surface area contributed by atoms with Gasteiger partial charge in [-0.1, -0.05) is 31.5 Å². The second-order valence-electron chi connectivity index (χ2n) is 3.62. The number of para-hydroxylation sites is 1. The number of aryl methyl sites for hydroxylation is 1. The van der Waals surface area contributed by atoms with Gasteiger partial charge < -0.3 is 4.84 Å². The summed E-state index contributed by atoms with van der Waals surface area (Å²) in [5.41, 5.74) is 1.76. The summed E-state index contributed by atoms with van der Waals surface area (Å²) in [6.45, 7) is 4.80. The van der Waals surface area contributed by atoms with E-state index in [9.17, 15) is 0 Å². The van der Waals surface area contributed by atoms with E-state index in [1.165, 1.54) is 0 Å². The molecule has 0 unspecified atom stereocenters. The first-order valence-electron chi connectivity index (χ1n) is 5.57. The van der Waals surface area contributed by atoms with Gasteiger partial charge in [0.1, 0.15) is 17.9 Å². The maximum absolute atomic E-state index is 6.17. The van der Waals surface area contributed by atoms with E-state index < -0.39 is 0 Å². The molecule has 2 rings (SSSR count). The van der Waals surface area contributed by atoms with Crippen molar-refractivity contribution in [1.82, 2.24) is 9.71 Å². The van der Waals surface area contributed by atoms with E-state index in [4.69, 9.17) is 16.4 Å². The zero-order chi connectivity index (χ0) is 11.5. The molecule has 0 bridgehead atoms. The van der Waals surface area contributed by atoms with Crippen LogP contribution in [0, 0.1) is 0 Å². The third-order valence-corrected chi connectivity index (χ3v) is 2.70. The Morgan fingerprint density at radius 3 is 2.88 bits per heavy atom. The number of nitrogens with zero attached hydrogens (tertiary/aromatic N) is 2. The van der Waals surface area contributed by atoms with Crippen molar-refractivity contribution in [3.8, 4) is 0 Å². The summed E-state index contributed by atoms with van der Waals surface area (Å²) in [7, 11) is 0. The van der Waals surface area contributed by atoms with Crippen LogP contribution in [0.25, 0.3) is 11.0 Å². The van der Waals surface area contributed by atoms with E-state index in [0.717, 1.165) is 29.7 Å². The van der Waals surface area contributed by atoms with E-state index in [2.05, 4.69) is 18.8 Å². The molecule has 0 aliphatic rings. The molecule has 0 N–H and O–H groups in total. The van der Waals surface area contributed by atoms with Gasteiger partial charge in [0.2, 0.25) is 0 Å². The first kappa shape index (κ1) is 11.3. The topological polar surface area (TPSA) is 27.1 Å². The second-order valence-corrected chi connectivity index (χ2v) is 4.02. The summed E-state index contributed by atoms with van der Waals surface area (Å²) in [6.07, 6.45) is 1.79. The third kappa shape index (κ3) is 1.87. The minimum Gasteiger partial charge on any atom is -0.412 e. The standard InChI is InChI=1S/C12H15ClN2O/c1-3-8-16-15-11(4-2)14-10-7-5-6-9(13)12(10)15/h5-7H,3-4,8H2,1-2H3. The summed E-state index contributed by atoms with van der Waals surface area (Å²) in [5, 5.41) is 0.681. The molecule has 1 heterocycles. The fourth-order valence-electron chi connectivity index (χ4n) is 1.65. The maximum Gasteiger partial charge on any atom is 0.145 e. The van der Waals surface area contributed by atoms with Gasteiger partial charge in [0.05, 0.1) is 10.5 Å². The van der Waals surface area contributed by atoms with Crippen LogP contribution in [0.5, 0.6) is 0 Å². The molecule has 1 aromatic heterocycles. The Bertz CT molecular complexity index is 493. The molecule has 3 nitrogen and oxygen atoms in total. The quantitative estimate of drug-likeness (QED) is 0.819. The van der Waals surface area contributed by atoms with Gasteiger partial charge in [0, 0.05) is 6.42 Å². The van der Waals surface area contributed by atoms with Crippen molar-refractivity contribution in [2.24, 2.45) is 0 Å². The Balaban J connectivity index is 2.56. The highest BCUT2D eigenvalue weighted by molar-refractivity contribution is 6.34. The molecule has 4 heteroatoms. The lowest BCUT2D eigenvalue weighted by Crippen LogP contribution is -2.15. The molecule has 0 radical (unpaired) electrons. The highest BCUT2D eigenvalue weighted by Crippen LogP contribution is 2.23. The van der Waals surface area contributed by atoms with Crippen LogP contribution in [0.2, 0.25) is 5.02 Å². The van der Waals surface area contributed by atoms with Crippen molar-refractivity contribution in [3.63, 3.8) is 0 Å². The van der Waals surface area contributed by atoms with Gasteiger partial charge in [0.15, 0.2) is 0 Å². The Labute approximate surface area is 99.9 Å². The summed E-state index contributed by atoms with van der Waals surface area (Å²) in [6, 6.07) is 5.71. The summed E-state index contributed by atoms with van der Waals surface area (Å²) >= 11 is 6.17. The minimum atomic E-state index is 0.670. The van der Waals surface area contributed by atoms with Crippen molar-refractivity contribution in [1.29, 1.82) is 0 Å². The highest BCUT2D eigenvalue weighted by atomic mass is 35.5. The normalized spacial score (nSPS) is 10.9. The largest absolute Gasteiger partial charge is 0.412 e. The number of benzene rings is 1. The number of rotatable bonds is 4. The minimum absolute atomic E-state index is 0.670. The number of aromatic nitrogens is 2. The fourth-order valence-corrected chi connectivity index (χ4v) is 1.90. The molecule has 0 aliphatic carbocycles. The van der Waals surface area contributed by atoms with Crippen molar-refractivity contribution in [2.45, 2.75) is 26.7 Å². The predicted molar refractivity (Wildman–Crippen MR) is 65.9 cm³/mol. The van der Waals surface area contributed by atoms with Crippen molar-refractivity contribution < 1.29 is 4.84 Å². The maximum atomic E-state index is 6.17. The average molecular weight is 239 g/mol. The summed E-state index contributed by atoms with van der Waals surface area (Å²) < 4.78 is 1.77. The Hall–Kier alpha value is -1.22. The van der Waals surface area contributed by atoms with Crippen LogP contribution in [0.3, 0.4) is 0 Å². The van der Waals surface area contributed by atoms with Crippen LogP contribution in [-0.2, 0) is 6.42 Å². The average Bonchev–Trinajstić information content (AvgIpc) is 2.65. The van der Waals surface area contributed by atoms with Crippen molar-refractivity contribution in [3.05, 3.63) is 29.0 Å². The molecule has 16 heavy (non-hydrogen) atoms. The van der Waals surface area contributed by atoms with E-state index in [-0.39, 0.29) is 0 Å². The molecule has 0 saturated heterocycles. The number of fused-ring (bicyclic) bond motifs is 1. The number of imidazole rings is 1. The van der Waals surface area contributed by atoms with Gasteiger partial charge in [-0.15, -0.1) is 0 Å². The number of hydrogen-bond donors (Lipinski definition) is 0. The summed E-state index contributed by atoms with van der Waals surface area (Å²) in [4.78, 5) is 10.2. The first-order valence-corrected chi connectivity index (χ1v) is 5.94. The van der Waals surface area contributed by atoms with Crippen LogP contribution < -0.4 is 4.84 Å². The predicted octanol–water partition coefficient (Wildman–Crippen LogP) is 3.09. The van der Waals surface area contributed by atoms with E-state index >= 15 is 0 Å². The molecule has 1 aromatic carbocycles. The Kier molecular flexibility index (Phi) is 3.34. The number of halogens is 1. The van der Waals surface area contributed by atoms with E-state index in [0.29, 0.717) is 11.6 Å². The molecular formula is C12H15ClN2O. The lowest BCUT2D eigenvalue weighted by molar-refractivity contribution is 0.113. The van der Waals surface area contributed by atoms with Crippen LogP contribution in [-0.4, -0.2) is 16.3 Å². The van der Waals surface area contributed by atoms with Crippen LogP contribution in [0.1, 0.15) is 26.1 Å². The molecule has 0 atom stereocenters. The molecule has 0 spiro atoms. The van der Waals surface area contributed by atoms with Gasteiger partial charge in [0.25, 0.3) is 0 Å². The van der Waals surface area contributed by atoms with Crippen molar-refractivity contribution in [2.75, 3.05) is 6.61 Å². The van der Waals surface area contributed by atoms with Crippen LogP contribution in [0.4, 0.5) is 0 Å². The third-order valence-electron chi connectivity index (χ3n) is 2.39. The van der Waals surface area contributed by atoms with Crippen LogP contribution >= 0.6 is 11.6 Å². The lowest BCUT2D eigenvalue weighted by Gasteiger charge is -2.09. The molecule has 0 aliphatic heterocycles. The second kappa shape index (κ2) is 4.74. The molecule has 0 fully saturated rings. The Morgan fingerprint density at radius 1 is 1.38 bits per heavy atom. The lowest BCUT2D eigenvalue weighted by atomic mass is 10.3. The van der Waals surface area contributed by atoms with Crippen LogP contribution in [0.15, 0.2) is 18.2 Å². The van der Waals surface area contributed by atoms with Gasteiger partial charge in [-0.05, 0) is 18.6 Å². The van der Waals surface area contributed by atoms with Crippen molar-refractivity contribution >= 4 is 22.6 Å². The van der Waals surface area contributed by atoms with Gasteiger partial charge in [-0.25, -0.2) is 4.98 Å². The molecule has 2 aromatic rings. The Morgan fingerprint density at radius 2 is 2.19 bits per heavy atom. The smallest absolute Gasteiger partial charge is 0.145 e. The van der Waals surface area contributed by atoms with Gasteiger partial charge in [-0.2, -0.15) is 4.73 Å². The zero-order valence-electron chi connectivity index (χ0n) is 9.53. The molecule has 0 saturated carbocycles. The molecule has 86 valence electrons. The first-order chi connectivity index (χ1) is 7.77. The van der Waals surface area contributed by atoms with E-state index in [1.54, 1.807) is 4.73 Å². The summed E-state index contributed by atoms with van der Waals surface area (Å²) in [5.74, 6) is 0.913. The van der Waals surface area contributed by atoms with Gasteiger partial charge in [-0.3, -0.25) is 0 Å². The molecule has 0 amide bonds. The van der Waals surface area contributed by atoms with Gasteiger partial charge >= 0.3 is 0 Å². The number of hydrogen-bond acceptors (Lipinski definition) is 2. The highest BCUT2D eigenvalue weighted by Gasteiger charge is 2.12. The SMILES string of the molecule is CCCOn1c(CC)nc2cccc(Cl)c21. The zero-order valence-corrected chi connectivity index (χ0v) is 10.3.